The van der Waals surface area contributed by atoms with Gasteiger partial charge in [0.25, 0.3) is 5.91 Å². The van der Waals surface area contributed by atoms with Crippen molar-refractivity contribution in [1.82, 2.24) is 25.6 Å². The maximum absolute atomic E-state index is 12.8. The quantitative estimate of drug-likeness (QED) is 0.525. The summed E-state index contributed by atoms with van der Waals surface area (Å²) in [4.78, 5) is 13.0. The highest BCUT2D eigenvalue weighted by Gasteiger charge is 2.30. The average Bonchev–Trinajstić information content (AvgIpc) is 3.11. The predicted octanol–water partition coefficient (Wildman–Crippen LogP) is 3.13. The van der Waals surface area contributed by atoms with E-state index < -0.39 is 17.6 Å². The van der Waals surface area contributed by atoms with Gasteiger partial charge in [-0.15, -0.1) is 10.2 Å². The Bertz CT molecular complexity index is 1060. The van der Waals surface area contributed by atoms with E-state index in [1.54, 1.807) is 0 Å². The molecule has 0 saturated heterocycles. The Hall–Kier alpha value is -3.56. The van der Waals surface area contributed by atoms with E-state index in [-0.39, 0.29) is 17.9 Å². The fourth-order valence-electron chi connectivity index (χ4n) is 2.57. The van der Waals surface area contributed by atoms with Gasteiger partial charge in [-0.3, -0.25) is 4.79 Å². The number of hydrazone groups is 1. The molecule has 0 spiro atoms. The van der Waals surface area contributed by atoms with E-state index in [4.69, 9.17) is 0 Å². The van der Waals surface area contributed by atoms with E-state index in [0.29, 0.717) is 0 Å². The van der Waals surface area contributed by atoms with Crippen molar-refractivity contribution in [2.24, 2.45) is 5.10 Å². The van der Waals surface area contributed by atoms with Gasteiger partial charge in [0.2, 0.25) is 5.82 Å². The maximum Gasteiger partial charge on any atom is 0.416 e. The molecule has 3 aromatic rings. The molecule has 3 rings (SSSR count). The first-order chi connectivity index (χ1) is 13.7. The summed E-state index contributed by atoms with van der Waals surface area (Å²) in [5.41, 5.74) is 4.70. The molecule has 0 atom stereocenters. The van der Waals surface area contributed by atoms with Crippen molar-refractivity contribution in [3.05, 3.63) is 64.7 Å². The lowest BCUT2D eigenvalue weighted by Crippen LogP contribution is -2.24. The number of nitrogens with one attached hydrogen (secondary N) is 1. The highest BCUT2D eigenvalue weighted by atomic mass is 19.4. The molecule has 2 aromatic carbocycles. The Morgan fingerprint density at radius 1 is 1.21 bits per heavy atom. The monoisotopic (exact) mass is 402 g/mol. The minimum atomic E-state index is -4.47. The van der Waals surface area contributed by atoms with Crippen LogP contribution in [0.4, 0.5) is 13.2 Å². The Labute approximate surface area is 164 Å². The standard InChI is InChI=1S/C19H17F3N6O/c1-12-6-7-15(13(2)8-12)10-23-24-17(29)11-28-26-18(25-27-28)14-4-3-5-16(9-14)19(20,21)22/h3-10H,11H2,1-2H3,(H,24,29)/b23-10-. The van der Waals surface area contributed by atoms with Gasteiger partial charge in [-0.25, -0.2) is 5.43 Å². The number of aryl methyl sites for hydroxylation is 2. The predicted molar refractivity (Wildman–Crippen MR) is 99.9 cm³/mol. The molecule has 7 nitrogen and oxygen atoms in total. The molecule has 1 amide bonds. The zero-order valence-electron chi connectivity index (χ0n) is 15.6. The first kappa shape index (κ1) is 20.2. The van der Waals surface area contributed by atoms with Crippen molar-refractivity contribution in [1.29, 1.82) is 0 Å². The summed E-state index contributed by atoms with van der Waals surface area (Å²) in [6, 6.07) is 10.4. The van der Waals surface area contributed by atoms with Crippen LogP contribution in [0.15, 0.2) is 47.6 Å². The first-order valence-corrected chi connectivity index (χ1v) is 8.57. The van der Waals surface area contributed by atoms with E-state index >= 15 is 0 Å². The summed E-state index contributed by atoms with van der Waals surface area (Å²) in [6.07, 6.45) is -2.95. The smallest absolute Gasteiger partial charge is 0.271 e. The molecule has 0 saturated carbocycles. The van der Waals surface area contributed by atoms with Crippen LogP contribution >= 0.6 is 0 Å². The number of rotatable bonds is 5. The first-order valence-electron chi connectivity index (χ1n) is 8.57. The zero-order chi connectivity index (χ0) is 21.0. The molecule has 29 heavy (non-hydrogen) atoms. The van der Waals surface area contributed by atoms with E-state index in [9.17, 15) is 18.0 Å². The number of aromatic nitrogens is 4. The number of benzene rings is 2. The molecule has 0 aliphatic heterocycles. The topological polar surface area (TPSA) is 85.1 Å². The van der Waals surface area contributed by atoms with Crippen LogP contribution in [0.2, 0.25) is 0 Å². The number of tetrazole rings is 1. The molecule has 0 unspecified atom stereocenters. The lowest BCUT2D eigenvalue weighted by atomic mass is 10.1. The third-order valence-electron chi connectivity index (χ3n) is 4.00. The molecule has 0 radical (unpaired) electrons. The number of halogens is 3. The summed E-state index contributed by atoms with van der Waals surface area (Å²) in [5, 5.41) is 15.2. The SMILES string of the molecule is Cc1ccc(/C=N\NC(=O)Cn2nnc(-c3cccc(C(F)(F)F)c3)n2)c(C)c1. The van der Waals surface area contributed by atoms with Gasteiger partial charge in [0.05, 0.1) is 11.8 Å². The molecular weight excluding hydrogens is 385 g/mol. The summed E-state index contributed by atoms with van der Waals surface area (Å²) in [6.45, 7) is 3.63. The normalized spacial score (nSPS) is 11.8. The van der Waals surface area contributed by atoms with E-state index in [0.717, 1.165) is 33.6 Å². The van der Waals surface area contributed by atoms with Gasteiger partial charge in [-0.2, -0.15) is 23.1 Å². The number of nitrogens with zero attached hydrogens (tertiary/aromatic N) is 5. The van der Waals surface area contributed by atoms with Crippen LogP contribution in [0.1, 0.15) is 22.3 Å². The van der Waals surface area contributed by atoms with E-state index in [1.807, 2.05) is 32.0 Å². The highest BCUT2D eigenvalue weighted by molar-refractivity contribution is 5.83. The van der Waals surface area contributed by atoms with Crippen LogP contribution in [0.5, 0.6) is 0 Å². The molecule has 0 fully saturated rings. The van der Waals surface area contributed by atoms with Crippen molar-refractivity contribution in [3.63, 3.8) is 0 Å². The number of carbonyl (C=O) groups excluding carboxylic acids is 1. The van der Waals surface area contributed by atoms with Crippen LogP contribution in [0.3, 0.4) is 0 Å². The van der Waals surface area contributed by atoms with Crippen LogP contribution in [-0.4, -0.2) is 32.3 Å². The number of amides is 1. The summed E-state index contributed by atoms with van der Waals surface area (Å²) >= 11 is 0. The third-order valence-corrected chi connectivity index (χ3v) is 4.00. The minimum Gasteiger partial charge on any atom is -0.271 e. The minimum absolute atomic E-state index is 0.0114. The van der Waals surface area contributed by atoms with Crippen molar-refractivity contribution in [2.45, 2.75) is 26.6 Å². The average molecular weight is 402 g/mol. The van der Waals surface area contributed by atoms with Crippen molar-refractivity contribution >= 4 is 12.1 Å². The summed E-state index contributed by atoms with van der Waals surface area (Å²) in [7, 11) is 0. The highest BCUT2D eigenvalue weighted by Crippen LogP contribution is 2.31. The fraction of sp³-hybridized carbons (Fsp3) is 0.211. The van der Waals surface area contributed by atoms with Gasteiger partial charge >= 0.3 is 6.18 Å². The summed E-state index contributed by atoms with van der Waals surface area (Å²) in [5.74, 6) is -0.512. The lowest BCUT2D eigenvalue weighted by molar-refractivity contribution is -0.137. The fourth-order valence-corrected chi connectivity index (χ4v) is 2.57. The van der Waals surface area contributed by atoms with E-state index in [1.165, 1.54) is 18.3 Å². The molecule has 150 valence electrons. The van der Waals surface area contributed by atoms with Crippen molar-refractivity contribution in [3.8, 4) is 11.4 Å². The zero-order valence-corrected chi connectivity index (χ0v) is 15.6. The number of hydrogen-bond acceptors (Lipinski definition) is 5. The molecule has 0 aliphatic carbocycles. The Morgan fingerprint density at radius 2 is 2.00 bits per heavy atom. The molecule has 0 aliphatic rings. The van der Waals surface area contributed by atoms with Crippen molar-refractivity contribution in [2.75, 3.05) is 0 Å². The van der Waals surface area contributed by atoms with E-state index in [2.05, 4.69) is 25.9 Å². The van der Waals surface area contributed by atoms with Crippen LogP contribution in [0.25, 0.3) is 11.4 Å². The van der Waals surface area contributed by atoms with Gasteiger partial charge in [0, 0.05) is 5.56 Å². The molecular formula is C19H17F3N6O. The van der Waals surface area contributed by atoms with Crippen LogP contribution < -0.4 is 5.43 Å². The van der Waals surface area contributed by atoms with Gasteiger partial charge in [0.15, 0.2) is 0 Å². The third kappa shape index (κ3) is 5.24. The number of alkyl halides is 3. The Balaban J connectivity index is 1.63. The molecule has 1 heterocycles. The van der Waals surface area contributed by atoms with Gasteiger partial charge < -0.3 is 0 Å². The number of carbonyl (C=O) groups is 1. The second kappa shape index (κ2) is 8.21. The number of hydrogen-bond donors (Lipinski definition) is 1. The van der Waals surface area contributed by atoms with Crippen molar-refractivity contribution < 1.29 is 18.0 Å². The second-order valence-electron chi connectivity index (χ2n) is 6.38. The van der Waals surface area contributed by atoms with Gasteiger partial charge in [-0.05, 0) is 42.3 Å². The Morgan fingerprint density at radius 3 is 2.72 bits per heavy atom. The molecule has 1 aromatic heterocycles. The molecule has 10 heteroatoms. The van der Waals surface area contributed by atoms with Crippen LogP contribution in [-0.2, 0) is 17.5 Å². The van der Waals surface area contributed by atoms with Crippen LogP contribution in [0, 0.1) is 13.8 Å². The largest absolute Gasteiger partial charge is 0.416 e. The molecule has 0 bridgehead atoms. The van der Waals surface area contributed by atoms with Gasteiger partial charge in [0.1, 0.15) is 6.54 Å². The van der Waals surface area contributed by atoms with Gasteiger partial charge in [-0.1, -0.05) is 35.9 Å². The summed E-state index contributed by atoms with van der Waals surface area (Å²) < 4.78 is 38.5. The Kier molecular flexibility index (Phi) is 5.71. The molecule has 1 N–H and O–H groups in total. The maximum atomic E-state index is 12.8. The second-order valence-corrected chi connectivity index (χ2v) is 6.38. The lowest BCUT2D eigenvalue weighted by Gasteiger charge is -2.06.